The number of aromatic nitrogens is 2. The number of rotatable bonds is 4. The van der Waals surface area contributed by atoms with E-state index in [2.05, 4.69) is 15.7 Å². The number of hydrogen-bond acceptors (Lipinski definition) is 3. The number of carbonyl (C=O) groups is 1. The maximum absolute atomic E-state index is 11.3. The van der Waals surface area contributed by atoms with E-state index >= 15 is 0 Å². The molecule has 78 valence electrons. The molecule has 14 heavy (non-hydrogen) atoms. The molecule has 0 spiro atoms. The van der Waals surface area contributed by atoms with E-state index in [1.165, 1.54) is 0 Å². The van der Waals surface area contributed by atoms with Crippen LogP contribution in [0.3, 0.4) is 0 Å². The van der Waals surface area contributed by atoms with Crippen molar-refractivity contribution in [3.8, 4) is 0 Å². The number of aromatic amines is 1. The summed E-state index contributed by atoms with van der Waals surface area (Å²) in [5.74, 6) is -0.153. The van der Waals surface area contributed by atoms with Gasteiger partial charge < -0.3 is 0 Å². The third-order valence-electron chi connectivity index (χ3n) is 1.95. The van der Waals surface area contributed by atoms with Crippen LogP contribution in [0.1, 0.15) is 23.9 Å². The smallest absolute Gasteiger partial charge is 0.248 e. The van der Waals surface area contributed by atoms with Crippen molar-refractivity contribution in [2.75, 3.05) is 6.61 Å². The van der Waals surface area contributed by atoms with Gasteiger partial charge >= 0.3 is 0 Å². The number of carbonyl (C=O) groups excluding carboxylic acids is 1. The van der Waals surface area contributed by atoms with E-state index in [1.807, 2.05) is 20.8 Å². The third-order valence-corrected chi connectivity index (χ3v) is 1.95. The zero-order chi connectivity index (χ0) is 10.6. The number of hydrogen-bond donors (Lipinski definition) is 2. The SMILES string of the molecule is CCONC(=O)Cc1c(C)n[nH]c1C. The van der Waals surface area contributed by atoms with E-state index in [0.29, 0.717) is 13.0 Å². The van der Waals surface area contributed by atoms with Gasteiger partial charge in [-0.25, -0.2) is 5.48 Å². The number of H-pyrrole nitrogens is 1. The first-order valence-electron chi connectivity index (χ1n) is 4.56. The first-order valence-corrected chi connectivity index (χ1v) is 4.56. The standard InChI is InChI=1S/C9H15N3O2/c1-4-14-12-9(13)5-8-6(2)10-11-7(8)3/h4-5H2,1-3H3,(H,10,11)(H,12,13). The fourth-order valence-corrected chi connectivity index (χ4v) is 1.18. The van der Waals surface area contributed by atoms with Crippen LogP contribution in [0.15, 0.2) is 0 Å². The maximum Gasteiger partial charge on any atom is 0.248 e. The maximum atomic E-state index is 11.3. The highest BCUT2D eigenvalue weighted by atomic mass is 16.6. The highest BCUT2D eigenvalue weighted by molar-refractivity contribution is 5.78. The Kier molecular flexibility index (Phi) is 3.64. The van der Waals surface area contributed by atoms with Crippen molar-refractivity contribution in [3.05, 3.63) is 17.0 Å². The summed E-state index contributed by atoms with van der Waals surface area (Å²) < 4.78 is 0. The minimum absolute atomic E-state index is 0.153. The summed E-state index contributed by atoms with van der Waals surface area (Å²) in [5, 5.41) is 6.83. The van der Waals surface area contributed by atoms with Gasteiger partial charge in [-0.2, -0.15) is 5.10 Å². The van der Waals surface area contributed by atoms with E-state index in [4.69, 9.17) is 4.84 Å². The fourth-order valence-electron chi connectivity index (χ4n) is 1.18. The molecule has 5 nitrogen and oxygen atoms in total. The second kappa shape index (κ2) is 4.76. The molecule has 0 unspecified atom stereocenters. The first-order chi connectivity index (χ1) is 6.65. The molecule has 1 heterocycles. The van der Waals surface area contributed by atoms with Crippen molar-refractivity contribution in [3.63, 3.8) is 0 Å². The third kappa shape index (κ3) is 2.56. The predicted octanol–water partition coefficient (Wildman–Crippen LogP) is 0.637. The monoisotopic (exact) mass is 197 g/mol. The molecular weight excluding hydrogens is 182 g/mol. The second-order valence-electron chi connectivity index (χ2n) is 3.05. The number of nitrogens with one attached hydrogen (secondary N) is 2. The van der Waals surface area contributed by atoms with Gasteiger partial charge in [0.2, 0.25) is 5.91 Å². The van der Waals surface area contributed by atoms with Crippen LogP contribution in [0.2, 0.25) is 0 Å². The normalized spacial score (nSPS) is 10.2. The minimum Gasteiger partial charge on any atom is -0.282 e. The van der Waals surface area contributed by atoms with Gasteiger partial charge in [-0.1, -0.05) is 0 Å². The lowest BCUT2D eigenvalue weighted by molar-refractivity contribution is -0.132. The summed E-state index contributed by atoms with van der Waals surface area (Å²) in [7, 11) is 0. The van der Waals surface area contributed by atoms with Gasteiger partial charge in [0.15, 0.2) is 0 Å². The van der Waals surface area contributed by atoms with Crippen molar-refractivity contribution < 1.29 is 9.63 Å². The first kappa shape index (κ1) is 10.7. The molecule has 1 amide bonds. The summed E-state index contributed by atoms with van der Waals surface area (Å²) in [6, 6.07) is 0. The zero-order valence-corrected chi connectivity index (χ0v) is 8.68. The van der Waals surface area contributed by atoms with Gasteiger partial charge in [-0.05, 0) is 20.8 Å². The molecule has 0 aliphatic heterocycles. The van der Waals surface area contributed by atoms with E-state index < -0.39 is 0 Å². The molecule has 0 aliphatic carbocycles. The van der Waals surface area contributed by atoms with Crippen LogP contribution in [0.5, 0.6) is 0 Å². The molecule has 5 heteroatoms. The molecule has 2 N–H and O–H groups in total. The summed E-state index contributed by atoms with van der Waals surface area (Å²) in [6.07, 6.45) is 0.300. The van der Waals surface area contributed by atoms with Crippen molar-refractivity contribution in [2.45, 2.75) is 27.2 Å². The van der Waals surface area contributed by atoms with Crippen molar-refractivity contribution in [2.24, 2.45) is 0 Å². The Hall–Kier alpha value is -1.36. The van der Waals surface area contributed by atoms with Crippen molar-refractivity contribution in [1.82, 2.24) is 15.7 Å². The second-order valence-corrected chi connectivity index (χ2v) is 3.05. The van der Waals surface area contributed by atoms with Crippen LogP contribution < -0.4 is 5.48 Å². The quantitative estimate of drug-likeness (QED) is 0.696. The Balaban J connectivity index is 2.55. The summed E-state index contributed by atoms with van der Waals surface area (Å²) >= 11 is 0. The zero-order valence-electron chi connectivity index (χ0n) is 8.68. The lowest BCUT2D eigenvalue weighted by atomic mass is 10.1. The number of hydroxylamine groups is 1. The molecular formula is C9H15N3O2. The van der Waals surface area contributed by atoms with Crippen LogP contribution in [-0.2, 0) is 16.1 Å². The number of aryl methyl sites for hydroxylation is 2. The minimum atomic E-state index is -0.153. The van der Waals surface area contributed by atoms with Crippen LogP contribution in [0.4, 0.5) is 0 Å². The van der Waals surface area contributed by atoms with E-state index in [1.54, 1.807) is 0 Å². The average molecular weight is 197 g/mol. The van der Waals surface area contributed by atoms with Gasteiger partial charge in [-0.15, -0.1) is 0 Å². The Labute approximate surface area is 82.8 Å². The average Bonchev–Trinajstić information content (AvgIpc) is 2.46. The highest BCUT2D eigenvalue weighted by Gasteiger charge is 2.10. The summed E-state index contributed by atoms with van der Waals surface area (Å²) in [4.78, 5) is 16.1. The molecule has 1 aromatic heterocycles. The van der Waals surface area contributed by atoms with Gasteiger partial charge in [0.25, 0.3) is 0 Å². The molecule has 0 radical (unpaired) electrons. The van der Waals surface area contributed by atoms with Gasteiger partial charge in [0.1, 0.15) is 0 Å². The van der Waals surface area contributed by atoms with Gasteiger partial charge in [0, 0.05) is 11.3 Å². The predicted molar refractivity (Wildman–Crippen MR) is 51.5 cm³/mol. The summed E-state index contributed by atoms with van der Waals surface area (Å²) in [6.45, 7) is 6.04. The Morgan fingerprint density at radius 1 is 1.57 bits per heavy atom. The van der Waals surface area contributed by atoms with Crippen LogP contribution in [0, 0.1) is 13.8 Å². The van der Waals surface area contributed by atoms with E-state index in [0.717, 1.165) is 17.0 Å². The van der Waals surface area contributed by atoms with Gasteiger partial charge in [-0.3, -0.25) is 14.7 Å². The highest BCUT2D eigenvalue weighted by Crippen LogP contribution is 2.09. The molecule has 0 saturated carbocycles. The van der Waals surface area contributed by atoms with Crippen molar-refractivity contribution in [1.29, 1.82) is 0 Å². The molecule has 1 aromatic rings. The molecule has 0 bridgehead atoms. The fraction of sp³-hybridized carbons (Fsp3) is 0.556. The molecule has 0 aliphatic rings. The van der Waals surface area contributed by atoms with Crippen molar-refractivity contribution >= 4 is 5.91 Å². The Bertz CT molecular complexity index is 300. The number of nitrogens with zero attached hydrogens (tertiary/aromatic N) is 1. The van der Waals surface area contributed by atoms with Gasteiger partial charge in [0.05, 0.1) is 18.7 Å². The number of amides is 1. The van der Waals surface area contributed by atoms with E-state index in [9.17, 15) is 4.79 Å². The lowest BCUT2D eigenvalue weighted by Crippen LogP contribution is -2.25. The van der Waals surface area contributed by atoms with E-state index in [-0.39, 0.29) is 5.91 Å². The molecule has 0 aromatic carbocycles. The molecule has 0 saturated heterocycles. The summed E-state index contributed by atoms with van der Waals surface area (Å²) in [5.41, 5.74) is 5.06. The largest absolute Gasteiger partial charge is 0.282 e. The van der Waals surface area contributed by atoms with Crippen LogP contribution in [-0.4, -0.2) is 22.7 Å². The lowest BCUT2D eigenvalue weighted by Gasteiger charge is -2.03. The Morgan fingerprint density at radius 3 is 2.79 bits per heavy atom. The molecule has 0 fully saturated rings. The molecule has 0 atom stereocenters. The Morgan fingerprint density at radius 2 is 2.29 bits per heavy atom. The van der Waals surface area contributed by atoms with Crippen LogP contribution >= 0.6 is 0 Å². The van der Waals surface area contributed by atoms with Crippen LogP contribution in [0.25, 0.3) is 0 Å². The topological polar surface area (TPSA) is 67.0 Å². The molecule has 1 rings (SSSR count).